The zero-order valence-electron chi connectivity index (χ0n) is 9.16. The largest absolute Gasteiger partial charge is 0.359 e. The summed E-state index contributed by atoms with van der Waals surface area (Å²) < 4.78 is 0. The first-order chi connectivity index (χ1) is 7.60. The van der Waals surface area contributed by atoms with Gasteiger partial charge < -0.3 is 10.2 Å². The Kier molecular flexibility index (Phi) is 4.24. The van der Waals surface area contributed by atoms with E-state index in [2.05, 4.69) is 5.32 Å². The maximum Gasteiger partial charge on any atom is 0.323 e. The SMILES string of the molecule is CNC(=O)C1CCCN(C(=O)C(=O)NN)C1. The van der Waals surface area contributed by atoms with Crippen LogP contribution in [0.4, 0.5) is 0 Å². The summed E-state index contributed by atoms with van der Waals surface area (Å²) in [6.45, 7) is 0.756. The van der Waals surface area contributed by atoms with Crippen LogP contribution in [-0.4, -0.2) is 42.8 Å². The van der Waals surface area contributed by atoms with E-state index in [9.17, 15) is 14.4 Å². The average Bonchev–Trinajstić information content (AvgIpc) is 2.36. The molecule has 0 aliphatic carbocycles. The quantitative estimate of drug-likeness (QED) is 0.208. The molecule has 16 heavy (non-hydrogen) atoms. The molecule has 3 amide bonds. The molecule has 0 bridgehead atoms. The molecular weight excluding hydrogens is 212 g/mol. The van der Waals surface area contributed by atoms with Crippen molar-refractivity contribution in [1.29, 1.82) is 0 Å². The number of amides is 3. The highest BCUT2D eigenvalue weighted by molar-refractivity contribution is 6.34. The van der Waals surface area contributed by atoms with Gasteiger partial charge in [0, 0.05) is 20.1 Å². The van der Waals surface area contributed by atoms with E-state index in [0.717, 1.165) is 6.42 Å². The van der Waals surface area contributed by atoms with Gasteiger partial charge in [0.1, 0.15) is 0 Å². The van der Waals surface area contributed by atoms with Gasteiger partial charge in [-0.15, -0.1) is 0 Å². The van der Waals surface area contributed by atoms with Gasteiger partial charge in [0.15, 0.2) is 0 Å². The first-order valence-corrected chi connectivity index (χ1v) is 5.11. The summed E-state index contributed by atoms with van der Waals surface area (Å²) in [5, 5.41) is 2.54. The second kappa shape index (κ2) is 5.45. The molecule has 0 saturated carbocycles. The van der Waals surface area contributed by atoms with Gasteiger partial charge in [0.2, 0.25) is 5.91 Å². The van der Waals surface area contributed by atoms with Crippen LogP contribution in [0.5, 0.6) is 0 Å². The fraction of sp³-hybridized carbons (Fsp3) is 0.667. The molecule has 1 aliphatic heterocycles. The molecule has 7 heteroatoms. The van der Waals surface area contributed by atoms with E-state index < -0.39 is 11.8 Å². The van der Waals surface area contributed by atoms with Gasteiger partial charge in [-0.1, -0.05) is 0 Å². The Balaban J connectivity index is 2.60. The highest BCUT2D eigenvalue weighted by atomic mass is 16.2. The number of nitrogens with one attached hydrogen (secondary N) is 2. The molecule has 0 aromatic carbocycles. The van der Waals surface area contributed by atoms with Gasteiger partial charge in [-0.05, 0) is 12.8 Å². The Morgan fingerprint density at radius 1 is 1.38 bits per heavy atom. The standard InChI is InChI=1S/C9H16N4O3/c1-11-7(14)6-3-2-4-13(5-6)9(16)8(15)12-10/h6H,2-5,10H2,1H3,(H,11,14)(H,12,15). The molecule has 1 saturated heterocycles. The van der Waals surface area contributed by atoms with Crippen molar-refractivity contribution < 1.29 is 14.4 Å². The minimum Gasteiger partial charge on any atom is -0.359 e. The maximum absolute atomic E-state index is 11.5. The first-order valence-electron chi connectivity index (χ1n) is 5.11. The summed E-state index contributed by atoms with van der Waals surface area (Å²) in [7, 11) is 1.55. The van der Waals surface area contributed by atoms with Crippen LogP contribution in [0.25, 0.3) is 0 Å². The minimum atomic E-state index is -0.849. The summed E-state index contributed by atoms with van der Waals surface area (Å²) in [6, 6.07) is 0. The molecule has 1 heterocycles. The zero-order valence-corrected chi connectivity index (χ0v) is 9.16. The van der Waals surface area contributed by atoms with Crippen LogP contribution in [0.3, 0.4) is 0 Å². The molecular formula is C9H16N4O3. The highest BCUT2D eigenvalue weighted by Crippen LogP contribution is 2.16. The summed E-state index contributed by atoms with van der Waals surface area (Å²) in [5.74, 6) is 2.99. The molecule has 7 nitrogen and oxygen atoms in total. The topological polar surface area (TPSA) is 105 Å². The number of hydrogen-bond donors (Lipinski definition) is 3. The van der Waals surface area contributed by atoms with Gasteiger partial charge in [0.25, 0.3) is 0 Å². The predicted octanol–water partition coefficient (Wildman–Crippen LogP) is -2.04. The molecule has 1 rings (SSSR count). The molecule has 0 radical (unpaired) electrons. The van der Waals surface area contributed by atoms with Gasteiger partial charge in [-0.3, -0.25) is 19.8 Å². The number of carbonyl (C=O) groups is 3. The van der Waals surface area contributed by atoms with Crippen LogP contribution in [-0.2, 0) is 14.4 Å². The normalized spacial score (nSPS) is 20.1. The lowest BCUT2D eigenvalue weighted by Gasteiger charge is -2.31. The molecule has 1 fully saturated rings. The van der Waals surface area contributed by atoms with E-state index in [1.165, 1.54) is 4.90 Å². The Labute approximate surface area is 93.3 Å². The Hall–Kier alpha value is -1.63. The predicted molar refractivity (Wildman–Crippen MR) is 55.7 cm³/mol. The summed E-state index contributed by atoms with van der Waals surface area (Å²) in [6.07, 6.45) is 1.44. The number of nitrogens with two attached hydrogens (primary N) is 1. The van der Waals surface area contributed by atoms with Crippen LogP contribution in [0, 0.1) is 5.92 Å². The van der Waals surface area contributed by atoms with E-state index >= 15 is 0 Å². The van der Waals surface area contributed by atoms with Crippen LogP contribution < -0.4 is 16.6 Å². The maximum atomic E-state index is 11.5. The fourth-order valence-electron chi connectivity index (χ4n) is 1.79. The molecule has 0 spiro atoms. The molecule has 4 N–H and O–H groups in total. The van der Waals surface area contributed by atoms with Gasteiger partial charge in [-0.25, -0.2) is 5.84 Å². The van der Waals surface area contributed by atoms with Gasteiger partial charge >= 0.3 is 11.8 Å². The first kappa shape index (κ1) is 12.4. The van der Waals surface area contributed by atoms with Crippen LogP contribution >= 0.6 is 0 Å². The third-order valence-electron chi connectivity index (χ3n) is 2.65. The van der Waals surface area contributed by atoms with Crippen LogP contribution in [0.2, 0.25) is 0 Å². The van der Waals surface area contributed by atoms with Crippen molar-refractivity contribution in [3.05, 3.63) is 0 Å². The summed E-state index contributed by atoms with van der Waals surface area (Å²) >= 11 is 0. The third-order valence-corrected chi connectivity index (χ3v) is 2.65. The van der Waals surface area contributed by atoms with E-state index in [0.29, 0.717) is 13.0 Å². The van der Waals surface area contributed by atoms with Gasteiger partial charge in [0.05, 0.1) is 5.92 Å². The van der Waals surface area contributed by atoms with Crippen molar-refractivity contribution in [2.75, 3.05) is 20.1 Å². The van der Waals surface area contributed by atoms with E-state index in [4.69, 9.17) is 5.84 Å². The molecule has 1 atom stereocenters. The highest BCUT2D eigenvalue weighted by Gasteiger charge is 2.30. The molecule has 1 unspecified atom stereocenters. The minimum absolute atomic E-state index is 0.106. The third kappa shape index (κ3) is 2.69. The lowest BCUT2D eigenvalue weighted by molar-refractivity contribution is -0.147. The van der Waals surface area contributed by atoms with Crippen molar-refractivity contribution in [1.82, 2.24) is 15.6 Å². The van der Waals surface area contributed by atoms with Crippen LogP contribution in [0.1, 0.15) is 12.8 Å². The van der Waals surface area contributed by atoms with Crippen LogP contribution in [0.15, 0.2) is 0 Å². The van der Waals surface area contributed by atoms with E-state index in [-0.39, 0.29) is 18.4 Å². The monoisotopic (exact) mass is 228 g/mol. The number of rotatable bonds is 1. The summed E-state index contributed by atoms with van der Waals surface area (Å²) in [5.41, 5.74) is 1.79. The number of carbonyl (C=O) groups excluding carboxylic acids is 3. The molecule has 0 aromatic heterocycles. The van der Waals surface area contributed by atoms with Crippen molar-refractivity contribution in [3.8, 4) is 0 Å². The molecule has 0 aromatic rings. The number of piperidine rings is 1. The second-order valence-electron chi connectivity index (χ2n) is 3.68. The van der Waals surface area contributed by atoms with Crippen molar-refractivity contribution in [2.45, 2.75) is 12.8 Å². The lowest BCUT2D eigenvalue weighted by Crippen LogP contribution is -2.50. The average molecular weight is 228 g/mol. The van der Waals surface area contributed by atoms with Crippen molar-refractivity contribution in [3.63, 3.8) is 0 Å². The zero-order chi connectivity index (χ0) is 12.1. The summed E-state index contributed by atoms with van der Waals surface area (Å²) in [4.78, 5) is 35.3. The van der Waals surface area contributed by atoms with Gasteiger partial charge in [-0.2, -0.15) is 0 Å². The Morgan fingerprint density at radius 2 is 2.06 bits per heavy atom. The number of nitrogens with zero attached hydrogens (tertiary/aromatic N) is 1. The molecule has 1 aliphatic rings. The Morgan fingerprint density at radius 3 is 2.62 bits per heavy atom. The lowest BCUT2D eigenvalue weighted by atomic mass is 9.97. The van der Waals surface area contributed by atoms with Crippen molar-refractivity contribution in [2.24, 2.45) is 11.8 Å². The fourth-order valence-corrected chi connectivity index (χ4v) is 1.79. The number of likely N-dealkylation sites (tertiary alicyclic amines) is 1. The smallest absolute Gasteiger partial charge is 0.323 e. The Bertz CT molecular complexity index is 305. The second-order valence-corrected chi connectivity index (χ2v) is 3.68. The molecule has 90 valence electrons. The number of hydrazine groups is 1. The van der Waals surface area contributed by atoms with E-state index in [1.807, 2.05) is 0 Å². The van der Waals surface area contributed by atoms with E-state index in [1.54, 1.807) is 12.5 Å². The number of hydrogen-bond acceptors (Lipinski definition) is 4. The van der Waals surface area contributed by atoms with Crippen molar-refractivity contribution >= 4 is 17.7 Å².